The van der Waals surface area contributed by atoms with Gasteiger partial charge in [-0.3, -0.25) is 10.3 Å². The van der Waals surface area contributed by atoms with Crippen LogP contribution in [0.25, 0.3) is 22.0 Å². The summed E-state index contributed by atoms with van der Waals surface area (Å²) in [5.74, 6) is 0.549. The second kappa shape index (κ2) is 6.66. The fourth-order valence-corrected chi connectivity index (χ4v) is 2.66. The van der Waals surface area contributed by atoms with Gasteiger partial charge in [-0.25, -0.2) is 9.78 Å². The minimum absolute atomic E-state index is 0.259. The zero-order chi connectivity index (χ0) is 17.1. The predicted molar refractivity (Wildman–Crippen MR) is 97.1 cm³/mol. The summed E-state index contributed by atoms with van der Waals surface area (Å²) in [5.41, 5.74) is 5.03. The molecule has 3 rings (SSSR count). The van der Waals surface area contributed by atoms with Gasteiger partial charge in [0.15, 0.2) is 0 Å². The second-order valence-electron chi connectivity index (χ2n) is 5.76. The molecule has 0 fully saturated rings. The van der Waals surface area contributed by atoms with Gasteiger partial charge in [0, 0.05) is 29.9 Å². The van der Waals surface area contributed by atoms with Crippen molar-refractivity contribution in [2.75, 3.05) is 11.9 Å². The Morgan fingerprint density at radius 1 is 1.12 bits per heavy atom. The van der Waals surface area contributed by atoms with Crippen LogP contribution in [-0.2, 0) is 0 Å². The Labute approximate surface area is 141 Å². The Morgan fingerprint density at radius 3 is 2.75 bits per heavy atom. The molecule has 0 atom stereocenters. The zero-order valence-electron chi connectivity index (χ0n) is 14.1. The first-order valence-corrected chi connectivity index (χ1v) is 7.95. The fraction of sp³-hybridized carbons (Fsp3) is 0.211. The van der Waals surface area contributed by atoms with E-state index in [4.69, 9.17) is 0 Å². The van der Waals surface area contributed by atoms with E-state index in [1.54, 1.807) is 12.4 Å². The smallest absolute Gasteiger partial charge is 0.320 e. The molecule has 122 valence electrons. The summed E-state index contributed by atoms with van der Waals surface area (Å²) in [6.45, 7) is 6.54. The van der Waals surface area contributed by atoms with Crippen LogP contribution in [0.2, 0.25) is 0 Å². The van der Waals surface area contributed by atoms with E-state index in [1.165, 1.54) is 0 Å². The molecule has 0 spiro atoms. The number of anilines is 1. The lowest BCUT2D eigenvalue weighted by Gasteiger charge is -2.14. The Hall–Kier alpha value is -2.95. The summed E-state index contributed by atoms with van der Waals surface area (Å²) in [7, 11) is 0. The molecule has 0 aliphatic heterocycles. The molecule has 5 nitrogen and oxygen atoms in total. The molecule has 2 heterocycles. The van der Waals surface area contributed by atoms with Crippen LogP contribution in [0.4, 0.5) is 10.6 Å². The van der Waals surface area contributed by atoms with Crippen molar-refractivity contribution in [2.45, 2.75) is 20.8 Å². The van der Waals surface area contributed by atoms with E-state index in [0.717, 1.165) is 33.2 Å². The first-order chi connectivity index (χ1) is 11.6. The van der Waals surface area contributed by atoms with Crippen LogP contribution in [0.3, 0.4) is 0 Å². The molecule has 2 N–H and O–H groups in total. The molecule has 0 radical (unpaired) electrons. The van der Waals surface area contributed by atoms with Crippen molar-refractivity contribution >= 4 is 22.8 Å². The Bertz CT molecular complexity index is 905. The Kier molecular flexibility index (Phi) is 4.42. The van der Waals surface area contributed by atoms with E-state index in [9.17, 15) is 4.79 Å². The van der Waals surface area contributed by atoms with Crippen LogP contribution in [0.15, 0.2) is 42.7 Å². The van der Waals surface area contributed by atoms with Crippen LogP contribution in [0, 0.1) is 13.8 Å². The number of hydrogen-bond acceptors (Lipinski definition) is 3. The van der Waals surface area contributed by atoms with Crippen LogP contribution < -0.4 is 10.6 Å². The van der Waals surface area contributed by atoms with Gasteiger partial charge in [0.1, 0.15) is 5.82 Å². The highest BCUT2D eigenvalue weighted by atomic mass is 16.2. The molecule has 0 saturated carbocycles. The van der Waals surface area contributed by atoms with Crippen molar-refractivity contribution in [2.24, 2.45) is 0 Å². The van der Waals surface area contributed by atoms with E-state index >= 15 is 0 Å². The maximum Gasteiger partial charge on any atom is 0.320 e. The highest BCUT2D eigenvalue weighted by molar-refractivity contribution is 5.97. The molecule has 0 bridgehead atoms. The summed E-state index contributed by atoms with van der Waals surface area (Å²) in [6.07, 6.45) is 3.48. The number of nitrogens with zero attached hydrogens (tertiary/aromatic N) is 2. The number of carbonyl (C=O) groups excluding carboxylic acids is 1. The molecule has 0 saturated heterocycles. The first kappa shape index (κ1) is 15.9. The lowest BCUT2D eigenvalue weighted by molar-refractivity contribution is 0.252. The fourth-order valence-electron chi connectivity index (χ4n) is 2.66. The van der Waals surface area contributed by atoms with Crippen LogP contribution in [-0.4, -0.2) is 22.5 Å². The molecule has 2 aromatic heterocycles. The van der Waals surface area contributed by atoms with Crippen molar-refractivity contribution in [1.82, 2.24) is 15.3 Å². The monoisotopic (exact) mass is 320 g/mol. The molecule has 24 heavy (non-hydrogen) atoms. The van der Waals surface area contributed by atoms with Crippen LogP contribution in [0.5, 0.6) is 0 Å². The quantitative estimate of drug-likeness (QED) is 0.765. The number of aromatic nitrogens is 2. The van der Waals surface area contributed by atoms with E-state index in [0.29, 0.717) is 12.4 Å². The van der Waals surface area contributed by atoms with Gasteiger partial charge in [0.05, 0.1) is 5.52 Å². The number of carbonyl (C=O) groups is 1. The third-order valence-electron chi connectivity index (χ3n) is 3.87. The van der Waals surface area contributed by atoms with Crippen molar-refractivity contribution in [1.29, 1.82) is 0 Å². The van der Waals surface area contributed by atoms with E-state index in [-0.39, 0.29) is 6.03 Å². The van der Waals surface area contributed by atoms with Gasteiger partial charge in [0.2, 0.25) is 0 Å². The summed E-state index contributed by atoms with van der Waals surface area (Å²) in [5, 5.41) is 6.55. The van der Waals surface area contributed by atoms with Gasteiger partial charge in [-0.05, 0) is 44.0 Å². The number of amides is 2. The van der Waals surface area contributed by atoms with Crippen LogP contribution >= 0.6 is 0 Å². The normalized spacial score (nSPS) is 10.6. The van der Waals surface area contributed by atoms with Gasteiger partial charge in [-0.1, -0.05) is 23.8 Å². The molecule has 0 unspecified atom stereocenters. The average Bonchev–Trinajstić information content (AvgIpc) is 2.57. The molecule has 0 aliphatic carbocycles. The molecule has 1 aromatic carbocycles. The average molecular weight is 320 g/mol. The topological polar surface area (TPSA) is 66.9 Å². The molecule has 0 aliphatic rings. The molecule has 5 heteroatoms. The van der Waals surface area contributed by atoms with Gasteiger partial charge in [-0.15, -0.1) is 0 Å². The summed E-state index contributed by atoms with van der Waals surface area (Å²) in [4.78, 5) is 20.8. The second-order valence-corrected chi connectivity index (χ2v) is 5.76. The lowest BCUT2D eigenvalue weighted by atomic mass is 9.98. The van der Waals surface area contributed by atoms with Crippen LogP contribution in [0.1, 0.15) is 18.1 Å². The predicted octanol–water partition coefficient (Wildman–Crippen LogP) is 4.06. The number of fused-ring (bicyclic) bond motifs is 1. The zero-order valence-corrected chi connectivity index (χ0v) is 14.1. The highest BCUT2D eigenvalue weighted by Crippen LogP contribution is 2.32. The third kappa shape index (κ3) is 3.20. The lowest BCUT2D eigenvalue weighted by Crippen LogP contribution is -2.28. The van der Waals surface area contributed by atoms with Gasteiger partial charge >= 0.3 is 6.03 Å². The standard InChI is InChI=1S/C19H20N4O/c1-4-21-19(24)23-18-16(15-9-12(2)5-6-13(15)3)10-14-11-20-8-7-17(14)22-18/h5-11H,4H2,1-3H3,(H2,21,22,23,24). The number of nitrogens with one attached hydrogen (secondary N) is 2. The van der Waals surface area contributed by atoms with Crippen molar-refractivity contribution < 1.29 is 4.79 Å². The maximum absolute atomic E-state index is 12.0. The molecule has 3 aromatic rings. The number of benzene rings is 1. The number of aryl methyl sites for hydroxylation is 2. The molecular weight excluding hydrogens is 300 g/mol. The summed E-state index contributed by atoms with van der Waals surface area (Å²) in [6, 6.07) is 9.87. The highest BCUT2D eigenvalue weighted by Gasteiger charge is 2.13. The summed E-state index contributed by atoms with van der Waals surface area (Å²) < 4.78 is 0. The third-order valence-corrected chi connectivity index (χ3v) is 3.87. The number of pyridine rings is 2. The number of hydrogen-bond donors (Lipinski definition) is 2. The minimum atomic E-state index is -0.259. The first-order valence-electron chi connectivity index (χ1n) is 7.95. The van der Waals surface area contributed by atoms with E-state index < -0.39 is 0 Å². The van der Waals surface area contributed by atoms with Crippen molar-refractivity contribution in [3.63, 3.8) is 0 Å². The maximum atomic E-state index is 12.0. The Morgan fingerprint density at radius 2 is 1.96 bits per heavy atom. The van der Waals surface area contributed by atoms with Gasteiger partial charge in [0.25, 0.3) is 0 Å². The summed E-state index contributed by atoms with van der Waals surface area (Å²) >= 11 is 0. The van der Waals surface area contributed by atoms with Crippen molar-refractivity contribution in [3.05, 3.63) is 53.9 Å². The number of rotatable bonds is 3. The van der Waals surface area contributed by atoms with Crippen molar-refractivity contribution in [3.8, 4) is 11.1 Å². The molecule has 2 amide bonds. The largest absolute Gasteiger partial charge is 0.338 e. The van der Waals surface area contributed by atoms with E-state index in [1.807, 2.05) is 19.1 Å². The van der Waals surface area contributed by atoms with E-state index in [2.05, 4.69) is 52.6 Å². The minimum Gasteiger partial charge on any atom is -0.338 e. The Balaban J connectivity index is 2.19. The molecular formula is C19H20N4O. The van der Waals surface area contributed by atoms with Gasteiger partial charge < -0.3 is 5.32 Å². The van der Waals surface area contributed by atoms with Gasteiger partial charge in [-0.2, -0.15) is 0 Å². The number of urea groups is 1. The SMILES string of the molecule is CCNC(=O)Nc1nc2ccncc2cc1-c1cc(C)ccc1C.